The van der Waals surface area contributed by atoms with Gasteiger partial charge < -0.3 is 31.9 Å². The predicted molar refractivity (Wildman–Crippen MR) is 108 cm³/mol. The van der Waals surface area contributed by atoms with Crippen molar-refractivity contribution in [2.45, 2.75) is 71.8 Å². The minimum Gasteiger partial charge on any atom is -0.357 e. The van der Waals surface area contributed by atoms with Gasteiger partial charge in [-0.2, -0.15) is 0 Å². The molecule has 0 aliphatic rings. The van der Waals surface area contributed by atoms with Gasteiger partial charge in [-0.25, -0.2) is 0 Å². The van der Waals surface area contributed by atoms with Crippen LogP contribution >= 0.6 is 0 Å². The van der Waals surface area contributed by atoms with Crippen molar-refractivity contribution in [2.75, 3.05) is 7.05 Å². The molecule has 30 heavy (non-hydrogen) atoms. The van der Waals surface area contributed by atoms with Crippen LogP contribution < -0.4 is 31.9 Å². The summed E-state index contributed by atoms with van der Waals surface area (Å²) in [6.07, 6.45) is 0. The predicted octanol–water partition coefficient (Wildman–Crippen LogP) is -2.72. The highest BCUT2D eigenvalue weighted by atomic mass is 16.2. The molecule has 12 nitrogen and oxygen atoms in total. The molecule has 170 valence electrons. The maximum Gasteiger partial charge on any atom is 0.242 e. The lowest BCUT2D eigenvalue weighted by Crippen LogP contribution is -2.57. The number of carbonyl (C=O) groups is 6. The Hall–Kier alpha value is -3.18. The Morgan fingerprint density at radius 1 is 0.467 bits per heavy atom. The van der Waals surface area contributed by atoms with Gasteiger partial charge in [0.1, 0.15) is 30.2 Å². The first-order chi connectivity index (χ1) is 13.8. The van der Waals surface area contributed by atoms with Crippen LogP contribution in [0.2, 0.25) is 0 Å². The molecule has 0 aliphatic heterocycles. The minimum atomic E-state index is -0.990. The van der Waals surface area contributed by atoms with Crippen LogP contribution in [0.15, 0.2) is 0 Å². The van der Waals surface area contributed by atoms with E-state index in [2.05, 4.69) is 31.9 Å². The van der Waals surface area contributed by atoms with Crippen molar-refractivity contribution in [3.63, 3.8) is 0 Å². The minimum absolute atomic E-state index is 0.383. The molecule has 0 aromatic carbocycles. The largest absolute Gasteiger partial charge is 0.357 e. The summed E-state index contributed by atoms with van der Waals surface area (Å²) in [6, 6.07) is -4.49. The molecule has 0 bridgehead atoms. The number of hydrogen-bond donors (Lipinski definition) is 6. The highest BCUT2D eigenvalue weighted by Crippen LogP contribution is 1.93. The molecule has 0 fully saturated rings. The summed E-state index contributed by atoms with van der Waals surface area (Å²) in [5.74, 6) is -3.13. The average molecular weight is 428 g/mol. The molecule has 0 spiro atoms. The Balaban J connectivity index is 4.61. The van der Waals surface area contributed by atoms with Gasteiger partial charge in [-0.1, -0.05) is 0 Å². The van der Waals surface area contributed by atoms with Crippen molar-refractivity contribution in [1.29, 1.82) is 0 Å². The fourth-order valence-electron chi connectivity index (χ4n) is 2.20. The van der Waals surface area contributed by atoms with E-state index >= 15 is 0 Å². The molecule has 6 amide bonds. The van der Waals surface area contributed by atoms with E-state index in [1.807, 2.05) is 0 Å². The molecular formula is C18H32N6O6. The Morgan fingerprint density at radius 3 is 0.933 bits per heavy atom. The molecule has 0 unspecified atom stereocenters. The monoisotopic (exact) mass is 428 g/mol. The zero-order chi connectivity index (χ0) is 23.6. The normalized spacial score (nSPS) is 15.3. The fraction of sp³-hybridized carbons (Fsp3) is 0.667. The molecule has 0 rings (SSSR count). The molecular weight excluding hydrogens is 396 g/mol. The summed E-state index contributed by atoms with van der Waals surface area (Å²) in [5, 5.41) is 14.5. The van der Waals surface area contributed by atoms with E-state index in [-0.39, 0.29) is 11.8 Å². The third-order valence-corrected chi connectivity index (χ3v) is 4.07. The van der Waals surface area contributed by atoms with E-state index in [1.54, 1.807) is 0 Å². The van der Waals surface area contributed by atoms with Crippen LogP contribution in [0.5, 0.6) is 0 Å². The molecule has 0 saturated carbocycles. The van der Waals surface area contributed by atoms with Gasteiger partial charge in [-0.05, 0) is 34.6 Å². The Morgan fingerprint density at radius 2 is 0.700 bits per heavy atom. The van der Waals surface area contributed by atoms with Crippen LogP contribution in [0.1, 0.15) is 41.5 Å². The summed E-state index contributed by atoms with van der Waals surface area (Å²) < 4.78 is 0. The second-order valence-corrected chi connectivity index (χ2v) is 6.96. The van der Waals surface area contributed by atoms with Gasteiger partial charge in [-0.15, -0.1) is 0 Å². The van der Waals surface area contributed by atoms with Gasteiger partial charge in [0, 0.05) is 14.0 Å². The van der Waals surface area contributed by atoms with Crippen LogP contribution in [-0.2, 0) is 28.8 Å². The van der Waals surface area contributed by atoms with Gasteiger partial charge in [0.15, 0.2) is 0 Å². The van der Waals surface area contributed by atoms with E-state index in [9.17, 15) is 28.8 Å². The summed E-state index contributed by atoms with van der Waals surface area (Å²) in [7, 11) is 1.43. The van der Waals surface area contributed by atoms with Gasteiger partial charge in [0.25, 0.3) is 0 Å². The molecule has 5 atom stereocenters. The number of carbonyl (C=O) groups excluding carboxylic acids is 6. The Bertz CT molecular complexity index is 682. The van der Waals surface area contributed by atoms with Crippen LogP contribution in [0.4, 0.5) is 0 Å². The van der Waals surface area contributed by atoms with Crippen molar-refractivity contribution in [3.8, 4) is 0 Å². The van der Waals surface area contributed by atoms with E-state index in [1.165, 1.54) is 48.6 Å². The lowest BCUT2D eigenvalue weighted by Gasteiger charge is -2.22. The van der Waals surface area contributed by atoms with E-state index in [0.29, 0.717) is 0 Å². The first kappa shape index (κ1) is 26.8. The molecule has 0 aromatic rings. The van der Waals surface area contributed by atoms with Crippen LogP contribution in [-0.4, -0.2) is 72.7 Å². The van der Waals surface area contributed by atoms with E-state index in [0.717, 1.165) is 0 Å². The lowest BCUT2D eigenvalue weighted by molar-refractivity contribution is -0.134. The molecule has 0 radical (unpaired) electrons. The molecule has 12 heteroatoms. The molecule has 0 heterocycles. The fourth-order valence-corrected chi connectivity index (χ4v) is 2.20. The summed E-state index contributed by atoms with van der Waals surface area (Å²) in [4.78, 5) is 70.8. The van der Waals surface area contributed by atoms with Crippen molar-refractivity contribution in [2.24, 2.45) is 0 Å². The standard InChI is InChI=1S/C18H32N6O6/c1-8(14(26)19-7)21-16(28)10(3)23-18(30)12(5)24-17(29)11(4)22-15(27)9(2)20-13(6)25/h8-12H,1-7H3,(H,19,26)(H,20,25)(H,21,28)(H,22,27)(H,23,30)(H,24,29)/t8-,9-,10-,11-,12-/m0/s1. The number of hydrogen-bond acceptors (Lipinski definition) is 6. The second-order valence-electron chi connectivity index (χ2n) is 6.96. The third-order valence-electron chi connectivity index (χ3n) is 4.07. The molecule has 0 saturated heterocycles. The van der Waals surface area contributed by atoms with Gasteiger partial charge in [0.2, 0.25) is 35.4 Å². The Kier molecular flexibility index (Phi) is 11.1. The van der Waals surface area contributed by atoms with Crippen molar-refractivity contribution in [3.05, 3.63) is 0 Å². The van der Waals surface area contributed by atoms with Crippen molar-refractivity contribution >= 4 is 35.4 Å². The summed E-state index contributed by atoms with van der Waals surface area (Å²) in [5.41, 5.74) is 0. The molecule has 0 aromatic heterocycles. The summed E-state index contributed by atoms with van der Waals surface area (Å²) >= 11 is 0. The number of likely N-dealkylation sites (N-methyl/N-ethyl adjacent to an activating group) is 1. The van der Waals surface area contributed by atoms with Crippen LogP contribution in [0.3, 0.4) is 0 Å². The molecule has 0 aliphatic carbocycles. The maximum atomic E-state index is 12.2. The highest BCUT2D eigenvalue weighted by molar-refractivity contribution is 5.95. The smallest absolute Gasteiger partial charge is 0.242 e. The number of nitrogens with one attached hydrogen (secondary N) is 6. The maximum absolute atomic E-state index is 12.2. The van der Waals surface area contributed by atoms with Crippen LogP contribution in [0, 0.1) is 0 Å². The lowest BCUT2D eigenvalue weighted by atomic mass is 10.2. The van der Waals surface area contributed by atoms with E-state index in [4.69, 9.17) is 0 Å². The first-order valence-electron chi connectivity index (χ1n) is 9.50. The highest BCUT2D eigenvalue weighted by Gasteiger charge is 2.25. The molecule has 6 N–H and O–H groups in total. The quantitative estimate of drug-likeness (QED) is 0.220. The van der Waals surface area contributed by atoms with Crippen LogP contribution in [0.25, 0.3) is 0 Å². The number of amides is 6. The van der Waals surface area contributed by atoms with E-state index < -0.39 is 53.8 Å². The second kappa shape index (κ2) is 12.4. The SMILES string of the molecule is CNC(=O)[C@H](C)NC(=O)[C@H](C)NC(=O)[C@H](C)NC(=O)[C@H](C)NC(=O)[C@H](C)NC(C)=O. The van der Waals surface area contributed by atoms with Gasteiger partial charge in [0.05, 0.1) is 0 Å². The van der Waals surface area contributed by atoms with Crippen molar-refractivity contribution < 1.29 is 28.8 Å². The first-order valence-corrected chi connectivity index (χ1v) is 9.50. The topological polar surface area (TPSA) is 175 Å². The summed E-state index contributed by atoms with van der Waals surface area (Å²) in [6.45, 7) is 8.50. The zero-order valence-electron chi connectivity index (χ0n) is 18.3. The van der Waals surface area contributed by atoms with Gasteiger partial charge in [-0.3, -0.25) is 28.8 Å². The zero-order valence-corrected chi connectivity index (χ0v) is 18.3. The van der Waals surface area contributed by atoms with Crippen molar-refractivity contribution in [1.82, 2.24) is 31.9 Å². The average Bonchev–Trinajstić information content (AvgIpc) is 2.65. The third kappa shape index (κ3) is 9.34. The Labute approximate surface area is 175 Å². The number of rotatable bonds is 10. The van der Waals surface area contributed by atoms with Gasteiger partial charge >= 0.3 is 0 Å².